The molecule has 0 saturated heterocycles. The number of carbonyl (C=O) groups excluding carboxylic acids is 1. The lowest BCUT2D eigenvalue weighted by atomic mass is 10.2. The maximum atomic E-state index is 10.5. The summed E-state index contributed by atoms with van der Waals surface area (Å²) in [7, 11) is 0. The van der Waals surface area contributed by atoms with E-state index in [2.05, 4.69) is 0 Å². The molecule has 0 N–H and O–H groups in total. The van der Waals surface area contributed by atoms with Gasteiger partial charge in [-0.25, -0.2) is 0 Å². The molecule has 0 unspecified atom stereocenters. The molecule has 0 atom stereocenters. The van der Waals surface area contributed by atoms with Gasteiger partial charge in [0.1, 0.15) is 12.0 Å². The second-order valence-electron chi connectivity index (χ2n) is 3.30. The number of ether oxygens (including phenoxy) is 1. The van der Waals surface area contributed by atoms with E-state index in [4.69, 9.17) is 4.74 Å². The van der Waals surface area contributed by atoms with Crippen LogP contribution in [-0.2, 0) is 0 Å². The van der Waals surface area contributed by atoms with E-state index in [0.717, 1.165) is 0 Å². The van der Waals surface area contributed by atoms with Crippen LogP contribution in [-0.4, -0.2) is 17.3 Å². The predicted molar refractivity (Wildman–Crippen MR) is 54.2 cm³/mol. The van der Waals surface area contributed by atoms with Gasteiger partial charge in [-0.1, -0.05) is 0 Å². The van der Waals surface area contributed by atoms with Crippen LogP contribution in [0.3, 0.4) is 0 Å². The van der Waals surface area contributed by atoms with Crippen LogP contribution in [0.5, 0.6) is 5.75 Å². The molecule has 1 aromatic rings. The largest absolute Gasteiger partial charge is 0.491 e. The highest BCUT2D eigenvalue weighted by molar-refractivity contribution is 5.77. The molecule has 0 heterocycles. The van der Waals surface area contributed by atoms with Gasteiger partial charge < -0.3 is 4.74 Å². The first-order valence-corrected chi connectivity index (χ1v) is 4.44. The van der Waals surface area contributed by atoms with Crippen molar-refractivity contribution in [3.63, 3.8) is 0 Å². The average molecular weight is 209 g/mol. The van der Waals surface area contributed by atoms with Crippen molar-refractivity contribution in [1.82, 2.24) is 0 Å². The zero-order valence-corrected chi connectivity index (χ0v) is 8.47. The number of nitrogens with zero attached hydrogens (tertiary/aromatic N) is 1. The molecule has 0 aliphatic carbocycles. The first-order valence-electron chi connectivity index (χ1n) is 4.44. The topological polar surface area (TPSA) is 69.4 Å². The Balaban J connectivity index is 3.11. The molecular weight excluding hydrogens is 198 g/mol. The molecule has 0 aliphatic rings. The smallest absolute Gasteiger partial charge is 0.273 e. The molecule has 0 spiro atoms. The van der Waals surface area contributed by atoms with E-state index < -0.39 is 4.92 Å². The minimum atomic E-state index is -0.555. The Hall–Kier alpha value is -1.91. The molecule has 1 rings (SSSR count). The standard InChI is InChI=1S/C10H11NO4/c1-7(2)15-10-4-8(6-12)3-9(5-10)11(13)14/h3-7H,1-2H3. The van der Waals surface area contributed by atoms with E-state index in [1.165, 1.54) is 18.2 Å². The Labute approximate surface area is 86.8 Å². The number of benzene rings is 1. The molecule has 15 heavy (non-hydrogen) atoms. The van der Waals surface area contributed by atoms with Gasteiger partial charge in [-0.2, -0.15) is 0 Å². The highest BCUT2D eigenvalue weighted by atomic mass is 16.6. The summed E-state index contributed by atoms with van der Waals surface area (Å²) in [6.45, 7) is 3.61. The Kier molecular flexibility index (Phi) is 3.38. The Morgan fingerprint density at radius 1 is 1.40 bits per heavy atom. The Bertz CT molecular complexity index is 387. The maximum absolute atomic E-state index is 10.5. The van der Waals surface area contributed by atoms with Gasteiger partial charge >= 0.3 is 0 Å². The Morgan fingerprint density at radius 3 is 2.53 bits per heavy atom. The summed E-state index contributed by atoms with van der Waals surface area (Å²) in [5.41, 5.74) is 0.0927. The highest BCUT2D eigenvalue weighted by Crippen LogP contribution is 2.22. The fraction of sp³-hybridized carbons (Fsp3) is 0.300. The molecule has 0 aliphatic heterocycles. The summed E-state index contributed by atoms with van der Waals surface area (Å²) in [4.78, 5) is 20.5. The summed E-state index contributed by atoms with van der Waals surface area (Å²) in [6.07, 6.45) is 0.465. The second-order valence-corrected chi connectivity index (χ2v) is 3.30. The summed E-state index contributed by atoms with van der Waals surface area (Å²) >= 11 is 0. The monoisotopic (exact) mass is 209 g/mol. The van der Waals surface area contributed by atoms with Crippen molar-refractivity contribution in [3.05, 3.63) is 33.9 Å². The summed E-state index contributed by atoms with van der Waals surface area (Å²) in [6, 6.07) is 3.98. The lowest BCUT2D eigenvalue weighted by Crippen LogP contribution is -2.06. The number of aldehydes is 1. The molecule has 0 saturated carbocycles. The summed E-state index contributed by atoms with van der Waals surface area (Å²) in [5.74, 6) is 0.335. The number of hydrogen-bond acceptors (Lipinski definition) is 4. The number of hydrogen-bond donors (Lipinski definition) is 0. The third kappa shape index (κ3) is 3.05. The van der Waals surface area contributed by atoms with Gasteiger partial charge in [0.15, 0.2) is 0 Å². The van der Waals surface area contributed by atoms with Gasteiger partial charge in [0, 0.05) is 11.6 Å². The van der Waals surface area contributed by atoms with Crippen molar-refractivity contribution < 1.29 is 14.5 Å². The molecule has 0 bridgehead atoms. The quantitative estimate of drug-likeness (QED) is 0.433. The van der Waals surface area contributed by atoms with Crippen LogP contribution in [0, 0.1) is 10.1 Å². The van der Waals surface area contributed by atoms with E-state index in [0.29, 0.717) is 12.0 Å². The van der Waals surface area contributed by atoms with Crippen LogP contribution in [0.2, 0.25) is 0 Å². The van der Waals surface area contributed by atoms with Crippen molar-refractivity contribution in [1.29, 1.82) is 0 Å². The molecule has 0 amide bonds. The van der Waals surface area contributed by atoms with Crippen molar-refractivity contribution in [2.45, 2.75) is 20.0 Å². The van der Waals surface area contributed by atoms with Crippen LogP contribution < -0.4 is 4.74 Å². The first kappa shape index (κ1) is 11.2. The third-order valence-electron chi connectivity index (χ3n) is 1.63. The lowest BCUT2D eigenvalue weighted by molar-refractivity contribution is -0.385. The molecule has 0 aromatic heterocycles. The fourth-order valence-corrected chi connectivity index (χ4v) is 1.12. The normalized spacial score (nSPS) is 10.1. The number of nitro groups is 1. The van der Waals surface area contributed by atoms with Crippen LogP contribution in [0.1, 0.15) is 24.2 Å². The number of nitro benzene ring substituents is 1. The predicted octanol–water partition coefficient (Wildman–Crippen LogP) is 2.19. The van der Waals surface area contributed by atoms with Crippen molar-refractivity contribution in [2.24, 2.45) is 0 Å². The minimum Gasteiger partial charge on any atom is -0.491 e. The maximum Gasteiger partial charge on any atom is 0.273 e. The van der Waals surface area contributed by atoms with E-state index in [-0.39, 0.29) is 17.4 Å². The minimum absolute atomic E-state index is 0.0912. The molecule has 0 radical (unpaired) electrons. The Morgan fingerprint density at radius 2 is 2.07 bits per heavy atom. The second kappa shape index (κ2) is 4.54. The number of rotatable bonds is 4. The molecule has 0 fully saturated rings. The number of non-ortho nitro benzene ring substituents is 1. The van der Waals surface area contributed by atoms with Crippen molar-refractivity contribution in [2.75, 3.05) is 0 Å². The SMILES string of the molecule is CC(C)Oc1cc(C=O)cc([N+](=O)[O-])c1. The van der Waals surface area contributed by atoms with Crippen LogP contribution in [0.25, 0.3) is 0 Å². The summed E-state index contributed by atoms with van der Waals surface area (Å²) < 4.78 is 5.28. The summed E-state index contributed by atoms with van der Waals surface area (Å²) in [5, 5.41) is 10.5. The molecule has 5 heteroatoms. The number of carbonyl (C=O) groups is 1. The van der Waals surface area contributed by atoms with Gasteiger partial charge in [-0.3, -0.25) is 14.9 Å². The van der Waals surface area contributed by atoms with Crippen molar-refractivity contribution in [3.8, 4) is 5.75 Å². The first-order chi connectivity index (χ1) is 7.02. The van der Waals surface area contributed by atoms with Gasteiger partial charge in [-0.15, -0.1) is 0 Å². The van der Waals surface area contributed by atoms with E-state index in [1.807, 2.05) is 0 Å². The highest BCUT2D eigenvalue weighted by Gasteiger charge is 2.10. The van der Waals surface area contributed by atoms with Crippen LogP contribution in [0.4, 0.5) is 5.69 Å². The van der Waals surface area contributed by atoms with Gasteiger partial charge in [-0.05, 0) is 19.9 Å². The van der Waals surface area contributed by atoms with Gasteiger partial charge in [0.25, 0.3) is 5.69 Å². The zero-order chi connectivity index (χ0) is 11.4. The fourth-order valence-electron chi connectivity index (χ4n) is 1.12. The van der Waals surface area contributed by atoms with Gasteiger partial charge in [0.05, 0.1) is 17.1 Å². The van der Waals surface area contributed by atoms with Crippen molar-refractivity contribution >= 4 is 12.0 Å². The molecule has 80 valence electrons. The van der Waals surface area contributed by atoms with E-state index in [1.54, 1.807) is 13.8 Å². The lowest BCUT2D eigenvalue weighted by Gasteiger charge is -2.09. The molecule has 1 aromatic carbocycles. The average Bonchev–Trinajstić information content (AvgIpc) is 2.16. The van der Waals surface area contributed by atoms with Gasteiger partial charge in [0.2, 0.25) is 0 Å². The zero-order valence-electron chi connectivity index (χ0n) is 8.47. The van der Waals surface area contributed by atoms with Crippen LogP contribution >= 0.6 is 0 Å². The van der Waals surface area contributed by atoms with E-state index in [9.17, 15) is 14.9 Å². The molecular formula is C10H11NO4. The van der Waals surface area contributed by atoms with E-state index >= 15 is 0 Å². The third-order valence-corrected chi connectivity index (χ3v) is 1.63. The molecule has 5 nitrogen and oxygen atoms in total. The van der Waals surface area contributed by atoms with Crippen LogP contribution in [0.15, 0.2) is 18.2 Å².